The number of hydrogen-bond donors (Lipinski definition) is 0. The minimum atomic E-state index is -0.337. The van der Waals surface area contributed by atoms with Crippen molar-refractivity contribution in [2.75, 3.05) is 7.11 Å². The van der Waals surface area contributed by atoms with Gasteiger partial charge in [0.25, 0.3) is 0 Å². The minimum Gasteiger partial charge on any atom is -0.494 e. The molecule has 4 heteroatoms. The van der Waals surface area contributed by atoms with Crippen LogP contribution in [0.5, 0.6) is 5.75 Å². The number of aryl methyl sites for hydroxylation is 1. The monoisotopic (exact) mass is 286 g/mol. The van der Waals surface area contributed by atoms with Crippen molar-refractivity contribution in [1.82, 2.24) is 0 Å². The smallest absolute Gasteiger partial charge is 0.168 e. The van der Waals surface area contributed by atoms with Crippen molar-refractivity contribution in [3.8, 4) is 5.75 Å². The van der Waals surface area contributed by atoms with Gasteiger partial charge in [-0.25, -0.2) is 4.39 Å². The molecule has 1 aromatic rings. The van der Waals surface area contributed by atoms with Gasteiger partial charge in [-0.15, -0.1) is 0 Å². The summed E-state index contributed by atoms with van der Waals surface area (Å²) < 4.78 is 18.8. The maximum Gasteiger partial charge on any atom is 0.168 e. The summed E-state index contributed by atoms with van der Waals surface area (Å²) in [5.74, 6) is 0.135. The lowest BCUT2D eigenvalue weighted by Crippen LogP contribution is -1.97. The van der Waals surface area contributed by atoms with Gasteiger partial charge in [-0.3, -0.25) is 4.79 Å². The molecule has 0 aliphatic heterocycles. The third-order valence-corrected chi connectivity index (χ3v) is 3.31. The van der Waals surface area contributed by atoms with Gasteiger partial charge in [0.1, 0.15) is 5.78 Å². The highest BCUT2D eigenvalue weighted by molar-refractivity contribution is 6.30. The van der Waals surface area contributed by atoms with Gasteiger partial charge >= 0.3 is 0 Å². The fourth-order valence-corrected chi connectivity index (χ4v) is 2.17. The van der Waals surface area contributed by atoms with Crippen LogP contribution in [0.1, 0.15) is 44.6 Å². The molecule has 0 atom stereocenters. The molecule has 0 aromatic heterocycles. The van der Waals surface area contributed by atoms with Gasteiger partial charge in [-0.1, -0.05) is 24.9 Å². The Morgan fingerprint density at radius 2 is 2.05 bits per heavy atom. The van der Waals surface area contributed by atoms with Gasteiger partial charge in [0.15, 0.2) is 11.6 Å². The summed E-state index contributed by atoms with van der Waals surface area (Å²) in [6.07, 6.45) is 4.46. The van der Waals surface area contributed by atoms with Crippen LogP contribution in [0.3, 0.4) is 0 Å². The molecule has 0 saturated carbocycles. The molecular weight excluding hydrogens is 267 g/mol. The van der Waals surface area contributed by atoms with E-state index in [1.807, 2.05) is 6.92 Å². The van der Waals surface area contributed by atoms with Gasteiger partial charge in [0, 0.05) is 23.9 Å². The lowest BCUT2D eigenvalue weighted by Gasteiger charge is -2.08. The largest absolute Gasteiger partial charge is 0.494 e. The number of unbranched alkanes of at least 4 members (excludes halogenated alkanes) is 2. The fourth-order valence-electron chi connectivity index (χ4n) is 1.94. The Bertz CT molecular complexity index is 432. The number of Topliss-reactive ketones (excluding diaryl/α,β-unsaturated/α-hetero) is 1. The van der Waals surface area contributed by atoms with Crippen LogP contribution in [0.2, 0.25) is 5.02 Å². The van der Waals surface area contributed by atoms with Crippen molar-refractivity contribution in [2.45, 2.75) is 45.4 Å². The molecule has 0 radical (unpaired) electrons. The normalized spacial score (nSPS) is 10.5. The van der Waals surface area contributed by atoms with Crippen molar-refractivity contribution in [3.63, 3.8) is 0 Å². The van der Waals surface area contributed by atoms with Crippen LogP contribution in [-0.4, -0.2) is 12.9 Å². The molecule has 0 amide bonds. The number of carbonyl (C=O) groups is 1. The number of halogens is 2. The molecule has 2 nitrogen and oxygen atoms in total. The minimum absolute atomic E-state index is 0.184. The molecule has 0 bridgehead atoms. The SMILES string of the molecule is CCC(=O)CCCCCc1cc(Cl)cc(OC)c1F. The summed E-state index contributed by atoms with van der Waals surface area (Å²) >= 11 is 5.91. The van der Waals surface area contributed by atoms with Crippen molar-refractivity contribution in [3.05, 3.63) is 28.5 Å². The number of rotatable bonds is 8. The van der Waals surface area contributed by atoms with E-state index in [2.05, 4.69) is 0 Å². The second kappa shape index (κ2) is 8.16. The fraction of sp³-hybridized carbons (Fsp3) is 0.533. The number of methoxy groups -OCH3 is 1. The van der Waals surface area contributed by atoms with Crippen molar-refractivity contribution in [1.29, 1.82) is 0 Å². The van der Waals surface area contributed by atoms with Gasteiger partial charge in [-0.2, -0.15) is 0 Å². The number of ketones is 1. The van der Waals surface area contributed by atoms with Crippen LogP contribution in [0.15, 0.2) is 12.1 Å². The highest BCUT2D eigenvalue weighted by atomic mass is 35.5. The Hall–Kier alpha value is -1.09. The topological polar surface area (TPSA) is 26.3 Å². The molecule has 0 spiro atoms. The van der Waals surface area contributed by atoms with E-state index >= 15 is 0 Å². The van der Waals surface area contributed by atoms with Crippen LogP contribution < -0.4 is 4.74 Å². The standard InChI is InChI=1S/C15H20ClFO2/c1-3-13(18)8-6-4-5-7-11-9-12(16)10-14(19-2)15(11)17/h9-10H,3-8H2,1-2H3. The first-order chi connectivity index (χ1) is 9.08. The summed E-state index contributed by atoms with van der Waals surface area (Å²) in [7, 11) is 1.43. The second-order valence-corrected chi connectivity index (χ2v) is 4.97. The van der Waals surface area contributed by atoms with E-state index in [0.717, 1.165) is 19.3 Å². The van der Waals surface area contributed by atoms with Crippen LogP contribution in [0.25, 0.3) is 0 Å². The predicted molar refractivity (Wildman–Crippen MR) is 75.4 cm³/mol. The zero-order chi connectivity index (χ0) is 14.3. The zero-order valence-corrected chi connectivity index (χ0v) is 12.2. The molecule has 0 unspecified atom stereocenters. The van der Waals surface area contributed by atoms with Gasteiger partial charge < -0.3 is 4.74 Å². The van der Waals surface area contributed by atoms with E-state index in [9.17, 15) is 9.18 Å². The molecular formula is C15H20ClFO2. The Morgan fingerprint density at radius 1 is 1.32 bits per heavy atom. The Kier molecular flexibility index (Phi) is 6.85. The molecule has 0 aliphatic rings. The van der Waals surface area contributed by atoms with Crippen molar-refractivity contribution < 1.29 is 13.9 Å². The molecule has 0 saturated heterocycles. The number of benzene rings is 1. The Morgan fingerprint density at radius 3 is 2.68 bits per heavy atom. The first-order valence-electron chi connectivity index (χ1n) is 6.62. The molecule has 106 valence electrons. The molecule has 1 aromatic carbocycles. The first kappa shape index (κ1) is 16.0. The van der Waals surface area contributed by atoms with Crippen molar-refractivity contribution >= 4 is 17.4 Å². The highest BCUT2D eigenvalue weighted by Gasteiger charge is 2.10. The summed E-state index contributed by atoms with van der Waals surface area (Å²) in [4.78, 5) is 11.1. The summed E-state index contributed by atoms with van der Waals surface area (Å²) in [6.45, 7) is 1.87. The lowest BCUT2D eigenvalue weighted by molar-refractivity contribution is -0.118. The van der Waals surface area contributed by atoms with E-state index in [4.69, 9.17) is 16.3 Å². The van der Waals surface area contributed by atoms with E-state index < -0.39 is 0 Å². The number of hydrogen-bond acceptors (Lipinski definition) is 2. The van der Waals surface area contributed by atoms with Gasteiger partial charge in [-0.05, 0) is 30.9 Å². The van der Waals surface area contributed by atoms with Gasteiger partial charge in [0.05, 0.1) is 7.11 Å². The summed E-state index contributed by atoms with van der Waals surface area (Å²) in [5, 5.41) is 0.481. The average Bonchev–Trinajstić information content (AvgIpc) is 2.41. The van der Waals surface area contributed by atoms with Crippen LogP contribution in [-0.2, 0) is 11.2 Å². The third kappa shape index (κ3) is 5.19. The zero-order valence-electron chi connectivity index (χ0n) is 11.5. The molecule has 0 aliphatic carbocycles. The molecule has 0 N–H and O–H groups in total. The third-order valence-electron chi connectivity index (χ3n) is 3.10. The Labute approximate surface area is 118 Å². The summed E-state index contributed by atoms with van der Waals surface area (Å²) in [6, 6.07) is 3.11. The van der Waals surface area contributed by atoms with E-state index in [1.54, 1.807) is 6.07 Å². The number of ether oxygens (including phenoxy) is 1. The van der Waals surface area contributed by atoms with E-state index in [-0.39, 0.29) is 17.3 Å². The van der Waals surface area contributed by atoms with Crippen LogP contribution in [0.4, 0.5) is 4.39 Å². The quantitative estimate of drug-likeness (QED) is 0.654. The Balaban J connectivity index is 2.45. The molecule has 0 heterocycles. The second-order valence-electron chi connectivity index (χ2n) is 4.53. The lowest BCUT2D eigenvalue weighted by atomic mass is 10.0. The molecule has 0 fully saturated rings. The van der Waals surface area contributed by atoms with E-state index in [1.165, 1.54) is 13.2 Å². The predicted octanol–water partition coefficient (Wildman–Crippen LogP) is 4.57. The van der Waals surface area contributed by atoms with Crippen LogP contribution >= 0.6 is 11.6 Å². The number of carbonyl (C=O) groups excluding carboxylic acids is 1. The van der Waals surface area contributed by atoms with Crippen LogP contribution in [0, 0.1) is 5.82 Å². The maximum atomic E-state index is 13.9. The summed E-state index contributed by atoms with van der Waals surface area (Å²) in [5.41, 5.74) is 0.575. The maximum absolute atomic E-state index is 13.9. The van der Waals surface area contributed by atoms with Gasteiger partial charge in [0.2, 0.25) is 0 Å². The first-order valence-corrected chi connectivity index (χ1v) is 6.99. The molecule has 1 rings (SSSR count). The highest BCUT2D eigenvalue weighted by Crippen LogP contribution is 2.27. The van der Waals surface area contributed by atoms with E-state index in [0.29, 0.717) is 29.8 Å². The molecule has 19 heavy (non-hydrogen) atoms. The average molecular weight is 287 g/mol. The van der Waals surface area contributed by atoms with Crippen molar-refractivity contribution in [2.24, 2.45) is 0 Å².